The van der Waals surface area contributed by atoms with Gasteiger partial charge in [0.2, 0.25) is 0 Å². The second-order valence-corrected chi connectivity index (χ2v) is 7.25. The fourth-order valence-corrected chi connectivity index (χ4v) is 3.10. The zero-order valence-corrected chi connectivity index (χ0v) is 11.5. The molecule has 0 heterocycles. The lowest BCUT2D eigenvalue weighted by Crippen LogP contribution is -2.10. The zero-order valence-electron chi connectivity index (χ0n) is 9.13. The summed E-state index contributed by atoms with van der Waals surface area (Å²) in [5.41, 5.74) is 0. The van der Waals surface area contributed by atoms with E-state index >= 15 is 0 Å². The van der Waals surface area contributed by atoms with Gasteiger partial charge in [-0.3, -0.25) is 0 Å². The van der Waals surface area contributed by atoms with Crippen molar-refractivity contribution in [1.82, 2.24) is 0 Å². The third-order valence-electron chi connectivity index (χ3n) is 2.18. The zero-order chi connectivity index (χ0) is 11.0. The SMILES string of the molecule is CCCS(=O)(=O)CCCCC(Br)CC. The maximum atomic E-state index is 11.3. The van der Waals surface area contributed by atoms with Crippen molar-refractivity contribution in [2.24, 2.45) is 0 Å². The summed E-state index contributed by atoms with van der Waals surface area (Å²) < 4.78 is 22.7. The van der Waals surface area contributed by atoms with Crippen molar-refractivity contribution in [3.8, 4) is 0 Å². The third kappa shape index (κ3) is 7.80. The molecule has 0 aliphatic carbocycles. The molecule has 86 valence electrons. The van der Waals surface area contributed by atoms with Gasteiger partial charge in [-0.15, -0.1) is 0 Å². The molecule has 0 fully saturated rings. The van der Waals surface area contributed by atoms with E-state index in [2.05, 4.69) is 22.9 Å². The van der Waals surface area contributed by atoms with Crippen LogP contribution >= 0.6 is 15.9 Å². The standard InChI is InChI=1S/C10H21BrO2S/c1-3-8-14(12,13)9-6-5-7-10(11)4-2/h10H,3-9H2,1-2H3. The first-order valence-corrected chi connectivity index (χ1v) is 8.10. The van der Waals surface area contributed by atoms with Gasteiger partial charge in [-0.2, -0.15) is 0 Å². The van der Waals surface area contributed by atoms with Crippen LogP contribution in [-0.4, -0.2) is 24.8 Å². The van der Waals surface area contributed by atoms with Crippen molar-refractivity contribution in [2.45, 2.75) is 50.8 Å². The van der Waals surface area contributed by atoms with Crippen LogP contribution in [0, 0.1) is 0 Å². The highest BCUT2D eigenvalue weighted by molar-refractivity contribution is 9.09. The van der Waals surface area contributed by atoms with Crippen LogP contribution < -0.4 is 0 Å². The van der Waals surface area contributed by atoms with Crippen LogP contribution in [0.25, 0.3) is 0 Å². The monoisotopic (exact) mass is 284 g/mol. The minimum absolute atomic E-state index is 0.346. The molecule has 0 aliphatic heterocycles. The van der Waals surface area contributed by atoms with E-state index in [4.69, 9.17) is 0 Å². The first kappa shape index (κ1) is 14.4. The Hall–Kier alpha value is 0.430. The maximum absolute atomic E-state index is 11.3. The molecule has 14 heavy (non-hydrogen) atoms. The van der Waals surface area contributed by atoms with Crippen LogP contribution in [0.1, 0.15) is 46.0 Å². The van der Waals surface area contributed by atoms with Crippen LogP contribution in [-0.2, 0) is 9.84 Å². The third-order valence-corrected chi connectivity index (χ3v) is 5.23. The van der Waals surface area contributed by atoms with E-state index in [1.165, 1.54) is 0 Å². The Morgan fingerprint density at radius 2 is 1.79 bits per heavy atom. The first-order valence-electron chi connectivity index (χ1n) is 5.36. The van der Waals surface area contributed by atoms with Gasteiger partial charge in [0.25, 0.3) is 0 Å². The molecule has 0 aromatic heterocycles. The Morgan fingerprint density at radius 1 is 1.14 bits per heavy atom. The van der Waals surface area contributed by atoms with Crippen LogP contribution in [0.5, 0.6) is 0 Å². The van der Waals surface area contributed by atoms with Gasteiger partial charge in [-0.25, -0.2) is 8.42 Å². The molecular weight excluding hydrogens is 264 g/mol. The molecular formula is C10H21BrO2S. The number of unbranched alkanes of at least 4 members (excludes halogenated alkanes) is 1. The molecule has 0 aromatic carbocycles. The summed E-state index contributed by atoms with van der Waals surface area (Å²) in [6.45, 7) is 4.04. The smallest absolute Gasteiger partial charge is 0.150 e. The van der Waals surface area contributed by atoms with Crippen molar-refractivity contribution in [3.05, 3.63) is 0 Å². The summed E-state index contributed by atoms with van der Waals surface area (Å²) in [5, 5.41) is 0. The highest BCUT2D eigenvalue weighted by atomic mass is 79.9. The molecule has 0 aliphatic rings. The van der Waals surface area contributed by atoms with E-state index in [-0.39, 0.29) is 0 Å². The molecule has 1 atom stereocenters. The molecule has 0 bridgehead atoms. The minimum atomic E-state index is -2.75. The van der Waals surface area contributed by atoms with Crippen molar-refractivity contribution in [2.75, 3.05) is 11.5 Å². The predicted octanol–water partition coefficient (Wildman–Crippen LogP) is 3.16. The molecule has 2 nitrogen and oxygen atoms in total. The number of halogens is 1. The highest BCUT2D eigenvalue weighted by Crippen LogP contribution is 2.13. The largest absolute Gasteiger partial charge is 0.229 e. The van der Waals surface area contributed by atoms with Crippen molar-refractivity contribution < 1.29 is 8.42 Å². The molecule has 0 aromatic rings. The van der Waals surface area contributed by atoms with Gasteiger partial charge in [-0.1, -0.05) is 36.2 Å². The number of rotatable bonds is 8. The van der Waals surface area contributed by atoms with Gasteiger partial charge < -0.3 is 0 Å². The van der Waals surface area contributed by atoms with E-state index in [1.807, 2.05) is 6.92 Å². The fourth-order valence-electron chi connectivity index (χ4n) is 1.30. The fraction of sp³-hybridized carbons (Fsp3) is 1.00. The lowest BCUT2D eigenvalue weighted by molar-refractivity contribution is 0.587. The maximum Gasteiger partial charge on any atom is 0.150 e. The molecule has 1 unspecified atom stereocenters. The summed E-state index contributed by atoms with van der Waals surface area (Å²) in [6, 6.07) is 0. The Labute approximate surface area is 96.5 Å². The molecule has 0 saturated heterocycles. The van der Waals surface area contributed by atoms with E-state index in [1.54, 1.807) is 0 Å². The molecule has 0 radical (unpaired) electrons. The van der Waals surface area contributed by atoms with E-state index in [9.17, 15) is 8.42 Å². The number of hydrogen-bond donors (Lipinski definition) is 0. The Bertz CT molecular complexity index is 224. The van der Waals surface area contributed by atoms with Crippen molar-refractivity contribution in [3.63, 3.8) is 0 Å². The second kappa shape index (κ2) is 7.69. The van der Waals surface area contributed by atoms with E-state index in [0.29, 0.717) is 16.3 Å². The van der Waals surface area contributed by atoms with Gasteiger partial charge in [-0.05, 0) is 25.7 Å². The summed E-state index contributed by atoms with van der Waals surface area (Å²) in [4.78, 5) is 0.552. The van der Waals surface area contributed by atoms with Gasteiger partial charge in [0.1, 0.15) is 9.84 Å². The lowest BCUT2D eigenvalue weighted by Gasteiger charge is -2.06. The quantitative estimate of drug-likeness (QED) is 0.507. The molecule has 0 N–H and O–H groups in total. The predicted molar refractivity (Wildman–Crippen MR) is 65.8 cm³/mol. The summed E-state index contributed by atoms with van der Waals surface area (Å²) in [7, 11) is -2.75. The van der Waals surface area contributed by atoms with Gasteiger partial charge in [0, 0.05) is 10.6 Å². The van der Waals surface area contributed by atoms with Crippen LogP contribution in [0.3, 0.4) is 0 Å². The van der Waals surface area contributed by atoms with Gasteiger partial charge >= 0.3 is 0 Å². The molecule has 4 heteroatoms. The molecule has 0 amide bonds. The normalized spacial score (nSPS) is 14.2. The number of hydrogen-bond acceptors (Lipinski definition) is 2. The van der Waals surface area contributed by atoms with Gasteiger partial charge in [0.15, 0.2) is 0 Å². The van der Waals surface area contributed by atoms with Gasteiger partial charge in [0.05, 0.1) is 5.75 Å². The van der Waals surface area contributed by atoms with Crippen molar-refractivity contribution in [1.29, 1.82) is 0 Å². The summed E-state index contributed by atoms with van der Waals surface area (Å²) >= 11 is 3.54. The van der Waals surface area contributed by atoms with Crippen molar-refractivity contribution >= 4 is 25.8 Å². The average molecular weight is 285 g/mol. The Morgan fingerprint density at radius 3 is 2.29 bits per heavy atom. The highest BCUT2D eigenvalue weighted by Gasteiger charge is 2.09. The Balaban J connectivity index is 3.54. The van der Waals surface area contributed by atoms with Crippen LogP contribution in [0.4, 0.5) is 0 Å². The van der Waals surface area contributed by atoms with Crippen LogP contribution in [0.15, 0.2) is 0 Å². The summed E-state index contributed by atoms with van der Waals surface area (Å²) in [5.74, 6) is 0.711. The lowest BCUT2D eigenvalue weighted by atomic mass is 10.2. The number of alkyl halides is 1. The van der Waals surface area contributed by atoms with E-state index in [0.717, 1.165) is 32.1 Å². The first-order chi connectivity index (χ1) is 6.52. The average Bonchev–Trinajstić information content (AvgIpc) is 2.12. The molecule has 0 spiro atoms. The number of sulfone groups is 1. The topological polar surface area (TPSA) is 34.1 Å². The summed E-state index contributed by atoms with van der Waals surface area (Å²) in [6.07, 6.45) is 4.75. The minimum Gasteiger partial charge on any atom is -0.229 e. The van der Waals surface area contributed by atoms with Crippen LogP contribution in [0.2, 0.25) is 0 Å². The molecule has 0 rings (SSSR count). The second-order valence-electron chi connectivity index (χ2n) is 3.65. The Kier molecular flexibility index (Phi) is 7.92. The molecule has 0 saturated carbocycles. The van der Waals surface area contributed by atoms with E-state index < -0.39 is 9.84 Å².